The standard InChI is InChI=1S/C23H24N6O4/c24-14-23(16-3-4-16)9-12-29(21(23)32)19-7-10-25-22(27-19)26-17-5-1-15(2-6-17)20(31)33-28-11-8-18(30)13-28/h1-2,5-7,10,16,18,30H,3-4,8-9,11-13H2,(H,25,26,27)/t18-,23+/m0/s1. The number of carbonyl (C=O) groups excluding carboxylic acids is 2. The molecule has 1 aliphatic carbocycles. The maximum atomic E-state index is 13.0. The van der Waals surface area contributed by atoms with E-state index in [2.05, 4.69) is 21.4 Å². The van der Waals surface area contributed by atoms with E-state index in [0.717, 1.165) is 12.8 Å². The Morgan fingerprint density at radius 2 is 2.00 bits per heavy atom. The highest BCUT2D eigenvalue weighted by Gasteiger charge is 2.57. The van der Waals surface area contributed by atoms with Crippen LogP contribution in [0.2, 0.25) is 0 Å². The van der Waals surface area contributed by atoms with Crippen molar-refractivity contribution >= 4 is 29.3 Å². The van der Waals surface area contributed by atoms with Gasteiger partial charge in [0.2, 0.25) is 11.9 Å². The number of hydrogen-bond donors (Lipinski definition) is 2. The Bertz CT molecular complexity index is 1110. The van der Waals surface area contributed by atoms with Crippen LogP contribution in [0.15, 0.2) is 36.5 Å². The van der Waals surface area contributed by atoms with Gasteiger partial charge in [-0.25, -0.2) is 9.78 Å². The number of aromatic nitrogens is 2. The van der Waals surface area contributed by atoms with Gasteiger partial charge in [-0.2, -0.15) is 10.2 Å². The molecule has 5 rings (SSSR count). The van der Waals surface area contributed by atoms with Gasteiger partial charge in [-0.1, -0.05) is 0 Å². The third kappa shape index (κ3) is 4.13. The molecule has 1 saturated carbocycles. The second kappa shape index (κ2) is 8.42. The second-order valence-corrected chi connectivity index (χ2v) is 8.71. The van der Waals surface area contributed by atoms with Crippen molar-refractivity contribution in [3.63, 3.8) is 0 Å². The first-order valence-corrected chi connectivity index (χ1v) is 11.1. The molecule has 2 saturated heterocycles. The van der Waals surface area contributed by atoms with E-state index in [1.807, 2.05) is 0 Å². The number of nitrogens with one attached hydrogen (secondary N) is 1. The van der Waals surface area contributed by atoms with Gasteiger partial charge in [-0.15, -0.1) is 5.06 Å². The molecule has 170 valence electrons. The van der Waals surface area contributed by atoms with E-state index in [1.165, 1.54) is 5.06 Å². The summed E-state index contributed by atoms with van der Waals surface area (Å²) in [6.45, 7) is 1.29. The summed E-state index contributed by atoms with van der Waals surface area (Å²) in [4.78, 5) is 40.8. The normalized spacial score (nSPS) is 25.2. The van der Waals surface area contributed by atoms with Crippen LogP contribution in [0, 0.1) is 22.7 Å². The molecule has 0 unspecified atom stereocenters. The van der Waals surface area contributed by atoms with Gasteiger partial charge in [-0.3, -0.25) is 9.69 Å². The molecule has 1 aromatic heterocycles. The summed E-state index contributed by atoms with van der Waals surface area (Å²) in [5.74, 6) is 0.259. The summed E-state index contributed by atoms with van der Waals surface area (Å²) in [5.41, 5.74) is 0.125. The van der Waals surface area contributed by atoms with E-state index in [4.69, 9.17) is 4.84 Å². The predicted octanol–water partition coefficient (Wildman–Crippen LogP) is 2.02. The van der Waals surface area contributed by atoms with E-state index in [9.17, 15) is 20.0 Å². The summed E-state index contributed by atoms with van der Waals surface area (Å²) < 4.78 is 0. The number of rotatable bonds is 6. The number of amides is 1. The Balaban J connectivity index is 1.24. The fourth-order valence-corrected chi connectivity index (χ4v) is 4.45. The van der Waals surface area contributed by atoms with E-state index < -0.39 is 17.5 Å². The van der Waals surface area contributed by atoms with Crippen molar-refractivity contribution in [1.29, 1.82) is 5.26 Å². The highest BCUT2D eigenvalue weighted by atomic mass is 16.7. The molecule has 0 bridgehead atoms. The molecule has 1 aromatic carbocycles. The van der Waals surface area contributed by atoms with Crippen LogP contribution in [0.5, 0.6) is 0 Å². The predicted molar refractivity (Wildman–Crippen MR) is 117 cm³/mol. The lowest BCUT2D eigenvalue weighted by molar-refractivity contribution is -0.123. The van der Waals surface area contributed by atoms with Gasteiger partial charge in [0.25, 0.3) is 0 Å². The Morgan fingerprint density at radius 3 is 2.67 bits per heavy atom. The van der Waals surface area contributed by atoms with E-state index in [0.29, 0.717) is 55.5 Å². The molecule has 33 heavy (non-hydrogen) atoms. The average Bonchev–Trinajstić information content (AvgIpc) is 3.51. The maximum absolute atomic E-state index is 13.0. The van der Waals surface area contributed by atoms with Gasteiger partial charge >= 0.3 is 5.97 Å². The van der Waals surface area contributed by atoms with Crippen LogP contribution in [0.4, 0.5) is 17.5 Å². The number of hydrogen-bond acceptors (Lipinski definition) is 9. The highest BCUT2D eigenvalue weighted by molar-refractivity contribution is 6.01. The first-order valence-electron chi connectivity index (χ1n) is 11.1. The maximum Gasteiger partial charge on any atom is 0.357 e. The molecule has 3 aliphatic rings. The zero-order valence-electron chi connectivity index (χ0n) is 18.0. The lowest BCUT2D eigenvalue weighted by Crippen LogP contribution is -2.35. The molecule has 2 atom stereocenters. The SMILES string of the molecule is N#C[C@@]1(C2CC2)CCN(c2ccnc(Nc3ccc(C(=O)ON4CC[C@H](O)C4)cc3)n2)C1=O. The zero-order chi connectivity index (χ0) is 23.0. The number of nitrogens with zero attached hydrogens (tertiary/aromatic N) is 5. The number of β-amino-alcohol motifs (C(OH)–C–C–N with tert-alkyl or cyclic N) is 1. The summed E-state index contributed by atoms with van der Waals surface area (Å²) >= 11 is 0. The molecule has 10 nitrogen and oxygen atoms in total. The van der Waals surface area contributed by atoms with Gasteiger partial charge in [-0.05, 0) is 61.9 Å². The largest absolute Gasteiger partial charge is 0.392 e. The van der Waals surface area contributed by atoms with Gasteiger partial charge in [0.15, 0.2) is 0 Å². The average molecular weight is 448 g/mol. The fourth-order valence-electron chi connectivity index (χ4n) is 4.45. The summed E-state index contributed by atoms with van der Waals surface area (Å²) in [6.07, 6.45) is 4.04. The van der Waals surface area contributed by atoms with Crippen LogP contribution in [-0.4, -0.2) is 57.8 Å². The van der Waals surface area contributed by atoms with Crippen LogP contribution in [0.3, 0.4) is 0 Å². The Hall–Kier alpha value is -3.55. The minimum absolute atomic E-state index is 0.153. The molecule has 10 heteroatoms. The van der Waals surface area contributed by atoms with Crippen molar-refractivity contribution in [2.24, 2.45) is 11.3 Å². The van der Waals surface area contributed by atoms with Crippen molar-refractivity contribution < 1.29 is 19.5 Å². The van der Waals surface area contributed by atoms with E-state index in [1.54, 1.807) is 41.4 Å². The monoisotopic (exact) mass is 448 g/mol. The third-order valence-corrected chi connectivity index (χ3v) is 6.46. The minimum atomic E-state index is -0.920. The lowest BCUT2D eigenvalue weighted by Gasteiger charge is -2.20. The number of hydroxylamine groups is 2. The summed E-state index contributed by atoms with van der Waals surface area (Å²) in [7, 11) is 0. The van der Waals surface area contributed by atoms with Crippen molar-refractivity contribution in [3.05, 3.63) is 42.1 Å². The smallest absolute Gasteiger partial charge is 0.357 e. The molecule has 1 amide bonds. The Labute approximate surface area is 190 Å². The van der Waals surface area contributed by atoms with E-state index >= 15 is 0 Å². The van der Waals surface area contributed by atoms with Crippen molar-refractivity contribution in [2.45, 2.75) is 31.8 Å². The van der Waals surface area contributed by atoms with Crippen molar-refractivity contribution in [3.8, 4) is 6.07 Å². The summed E-state index contributed by atoms with van der Waals surface area (Å²) in [5, 5.41) is 23.8. The molecule has 3 heterocycles. The van der Waals surface area contributed by atoms with Gasteiger partial charge in [0.1, 0.15) is 11.2 Å². The third-order valence-electron chi connectivity index (χ3n) is 6.46. The van der Waals surface area contributed by atoms with Crippen LogP contribution in [0.25, 0.3) is 0 Å². The first-order chi connectivity index (χ1) is 16.0. The molecule has 2 aliphatic heterocycles. The van der Waals surface area contributed by atoms with Crippen LogP contribution >= 0.6 is 0 Å². The van der Waals surface area contributed by atoms with E-state index in [-0.39, 0.29) is 11.8 Å². The first kappa shape index (κ1) is 21.3. The lowest BCUT2D eigenvalue weighted by atomic mass is 9.83. The molecule has 3 fully saturated rings. The van der Waals surface area contributed by atoms with Crippen LogP contribution in [-0.2, 0) is 9.63 Å². The number of aliphatic hydroxyl groups excluding tert-OH is 1. The van der Waals surface area contributed by atoms with Gasteiger partial charge < -0.3 is 15.3 Å². The molecule has 2 N–H and O–H groups in total. The van der Waals surface area contributed by atoms with Crippen LogP contribution < -0.4 is 10.2 Å². The number of carbonyl (C=O) groups is 2. The van der Waals surface area contributed by atoms with Gasteiger partial charge in [0.05, 0.1) is 24.3 Å². The molecule has 0 radical (unpaired) electrons. The fraction of sp³-hybridized carbons (Fsp3) is 0.435. The molecule has 2 aromatic rings. The topological polar surface area (TPSA) is 132 Å². The molecular weight excluding hydrogens is 424 g/mol. The second-order valence-electron chi connectivity index (χ2n) is 8.71. The van der Waals surface area contributed by atoms with Crippen LogP contribution in [0.1, 0.15) is 36.0 Å². The quantitative estimate of drug-likeness (QED) is 0.681. The molecular formula is C23H24N6O4. The number of benzene rings is 1. The Kier molecular flexibility index (Phi) is 5.44. The summed E-state index contributed by atoms with van der Waals surface area (Å²) in [6, 6.07) is 10.6. The molecule has 0 spiro atoms. The number of nitriles is 1. The Morgan fingerprint density at radius 1 is 1.21 bits per heavy atom. The van der Waals surface area contributed by atoms with Crippen molar-refractivity contribution in [1.82, 2.24) is 15.0 Å². The van der Waals surface area contributed by atoms with Gasteiger partial charge in [0, 0.05) is 25.0 Å². The highest BCUT2D eigenvalue weighted by Crippen LogP contribution is 2.51. The minimum Gasteiger partial charge on any atom is -0.392 e. The number of aliphatic hydroxyl groups is 1. The van der Waals surface area contributed by atoms with Crippen molar-refractivity contribution in [2.75, 3.05) is 29.9 Å². The zero-order valence-corrected chi connectivity index (χ0v) is 18.0. The number of anilines is 3.